The summed E-state index contributed by atoms with van der Waals surface area (Å²) in [5.74, 6) is 1.02. The van der Waals surface area contributed by atoms with Crippen LogP contribution in [0.4, 0.5) is 10.5 Å². The fourth-order valence-electron chi connectivity index (χ4n) is 2.71. The molecule has 1 aliphatic heterocycles. The zero-order valence-electron chi connectivity index (χ0n) is 13.1. The third kappa shape index (κ3) is 3.84. The molecule has 0 aromatic heterocycles. The summed E-state index contributed by atoms with van der Waals surface area (Å²) in [5.41, 5.74) is 7.30. The highest BCUT2D eigenvalue weighted by atomic mass is 16.5. The van der Waals surface area contributed by atoms with Crippen LogP contribution in [0.5, 0.6) is 5.75 Å². The van der Waals surface area contributed by atoms with E-state index in [0.717, 1.165) is 12.2 Å². The smallest absolute Gasteiger partial charge is 0.316 e. The van der Waals surface area contributed by atoms with Gasteiger partial charge in [-0.25, -0.2) is 4.79 Å². The SMILES string of the molecule is NC(=O)Nc1ccc(C(=O)NCC2COc3ccccc3C2)cc1. The van der Waals surface area contributed by atoms with E-state index >= 15 is 0 Å². The lowest BCUT2D eigenvalue weighted by molar-refractivity contribution is 0.0939. The molecule has 0 saturated heterocycles. The highest BCUT2D eigenvalue weighted by Gasteiger charge is 2.20. The highest BCUT2D eigenvalue weighted by Crippen LogP contribution is 2.26. The molecular weight excluding hydrogens is 306 g/mol. The number of ether oxygens (including phenoxy) is 1. The van der Waals surface area contributed by atoms with Gasteiger partial charge in [0, 0.05) is 23.7 Å². The van der Waals surface area contributed by atoms with Crippen molar-refractivity contribution >= 4 is 17.6 Å². The monoisotopic (exact) mass is 325 g/mol. The number of benzene rings is 2. The number of anilines is 1. The molecule has 1 heterocycles. The van der Waals surface area contributed by atoms with Crippen LogP contribution in [0.25, 0.3) is 0 Å². The molecule has 2 aromatic carbocycles. The third-order valence-corrected chi connectivity index (χ3v) is 3.92. The first-order chi connectivity index (χ1) is 11.6. The van der Waals surface area contributed by atoms with Crippen LogP contribution in [0.3, 0.4) is 0 Å². The van der Waals surface area contributed by atoms with Gasteiger partial charge in [0.1, 0.15) is 5.75 Å². The van der Waals surface area contributed by atoms with Gasteiger partial charge in [0.15, 0.2) is 0 Å². The van der Waals surface area contributed by atoms with E-state index in [1.165, 1.54) is 5.56 Å². The summed E-state index contributed by atoms with van der Waals surface area (Å²) < 4.78 is 5.72. The standard InChI is InChI=1S/C18H19N3O3/c19-18(23)21-15-7-5-13(6-8-15)17(22)20-10-12-9-14-3-1-2-4-16(14)24-11-12/h1-8,12H,9-11H2,(H,20,22)(H3,19,21,23). The van der Waals surface area contributed by atoms with E-state index in [2.05, 4.69) is 10.6 Å². The first-order valence-electron chi connectivity index (χ1n) is 7.77. The van der Waals surface area contributed by atoms with Crippen molar-refractivity contribution in [3.63, 3.8) is 0 Å². The molecule has 1 atom stereocenters. The maximum Gasteiger partial charge on any atom is 0.316 e. The molecule has 1 aliphatic rings. The molecule has 6 nitrogen and oxygen atoms in total. The number of hydrogen-bond donors (Lipinski definition) is 3. The van der Waals surface area contributed by atoms with E-state index in [1.54, 1.807) is 24.3 Å². The van der Waals surface area contributed by atoms with E-state index in [9.17, 15) is 9.59 Å². The molecule has 3 amide bonds. The van der Waals surface area contributed by atoms with Gasteiger partial charge in [0.05, 0.1) is 6.61 Å². The van der Waals surface area contributed by atoms with E-state index in [4.69, 9.17) is 10.5 Å². The van der Waals surface area contributed by atoms with Crippen LogP contribution < -0.4 is 21.1 Å². The number of urea groups is 1. The molecule has 0 bridgehead atoms. The van der Waals surface area contributed by atoms with E-state index < -0.39 is 6.03 Å². The molecule has 0 radical (unpaired) electrons. The average molecular weight is 325 g/mol. The van der Waals surface area contributed by atoms with Crippen molar-refractivity contribution < 1.29 is 14.3 Å². The molecule has 1 unspecified atom stereocenters. The van der Waals surface area contributed by atoms with Gasteiger partial charge in [-0.1, -0.05) is 18.2 Å². The topological polar surface area (TPSA) is 93.5 Å². The number of nitrogens with two attached hydrogens (primary N) is 1. The third-order valence-electron chi connectivity index (χ3n) is 3.92. The number of fused-ring (bicyclic) bond motifs is 1. The normalized spacial score (nSPS) is 15.8. The Bertz CT molecular complexity index is 743. The predicted molar refractivity (Wildman–Crippen MR) is 91.1 cm³/mol. The number of hydrogen-bond acceptors (Lipinski definition) is 3. The van der Waals surface area contributed by atoms with Gasteiger partial charge in [-0.05, 0) is 42.3 Å². The van der Waals surface area contributed by atoms with Gasteiger partial charge < -0.3 is 21.1 Å². The van der Waals surface area contributed by atoms with Crippen molar-refractivity contribution in [2.24, 2.45) is 11.7 Å². The summed E-state index contributed by atoms with van der Waals surface area (Å²) in [5, 5.41) is 5.38. The molecule has 4 N–H and O–H groups in total. The quantitative estimate of drug-likeness (QED) is 0.804. The van der Waals surface area contributed by atoms with Crippen molar-refractivity contribution in [1.29, 1.82) is 0 Å². The van der Waals surface area contributed by atoms with Gasteiger partial charge in [0.2, 0.25) is 0 Å². The van der Waals surface area contributed by atoms with Gasteiger partial charge >= 0.3 is 6.03 Å². The van der Waals surface area contributed by atoms with Gasteiger partial charge in [-0.15, -0.1) is 0 Å². The second kappa shape index (κ2) is 7.04. The van der Waals surface area contributed by atoms with Crippen molar-refractivity contribution in [3.05, 3.63) is 59.7 Å². The lowest BCUT2D eigenvalue weighted by atomic mass is 9.96. The number of nitrogens with one attached hydrogen (secondary N) is 2. The lowest BCUT2D eigenvalue weighted by Gasteiger charge is -2.25. The maximum absolute atomic E-state index is 12.2. The van der Waals surface area contributed by atoms with Crippen molar-refractivity contribution in [3.8, 4) is 5.75 Å². The minimum atomic E-state index is -0.634. The Morgan fingerprint density at radius 2 is 1.88 bits per heavy atom. The first kappa shape index (κ1) is 15.9. The molecule has 6 heteroatoms. The summed E-state index contributed by atoms with van der Waals surface area (Å²) in [6.45, 7) is 1.15. The highest BCUT2D eigenvalue weighted by molar-refractivity contribution is 5.95. The summed E-state index contributed by atoms with van der Waals surface area (Å²) >= 11 is 0. The Balaban J connectivity index is 1.53. The van der Waals surface area contributed by atoms with Gasteiger partial charge in [0.25, 0.3) is 5.91 Å². The minimum absolute atomic E-state index is 0.153. The lowest BCUT2D eigenvalue weighted by Crippen LogP contribution is -2.34. The second-order valence-corrected chi connectivity index (χ2v) is 5.77. The van der Waals surface area contributed by atoms with Crippen LogP contribution in [0, 0.1) is 5.92 Å². The number of rotatable bonds is 4. The van der Waals surface area contributed by atoms with Crippen molar-refractivity contribution in [1.82, 2.24) is 5.32 Å². The molecular formula is C18H19N3O3. The Labute approximate surface area is 140 Å². The van der Waals surface area contributed by atoms with E-state index in [1.807, 2.05) is 24.3 Å². The maximum atomic E-state index is 12.2. The van der Waals surface area contributed by atoms with Crippen LogP contribution >= 0.6 is 0 Å². The number of carbonyl (C=O) groups excluding carboxylic acids is 2. The summed E-state index contributed by atoms with van der Waals surface area (Å²) in [4.78, 5) is 23.0. The van der Waals surface area contributed by atoms with Gasteiger partial charge in [-0.2, -0.15) is 0 Å². The second-order valence-electron chi connectivity index (χ2n) is 5.77. The van der Waals surface area contributed by atoms with E-state index in [-0.39, 0.29) is 11.8 Å². The summed E-state index contributed by atoms with van der Waals surface area (Å²) in [7, 11) is 0. The molecule has 0 spiro atoms. The number of primary amides is 1. The van der Waals surface area contributed by atoms with Crippen LogP contribution in [0.1, 0.15) is 15.9 Å². The average Bonchev–Trinajstić information content (AvgIpc) is 2.59. The predicted octanol–water partition coefficient (Wildman–Crippen LogP) is 2.16. The first-order valence-corrected chi connectivity index (χ1v) is 7.77. The summed E-state index contributed by atoms with van der Waals surface area (Å²) in [6, 6.07) is 13.9. The Kier molecular flexibility index (Phi) is 4.65. The molecule has 24 heavy (non-hydrogen) atoms. The van der Waals surface area contributed by atoms with Crippen molar-refractivity contribution in [2.75, 3.05) is 18.5 Å². The molecule has 0 fully saturated rings. The van der Waals surface area contributed by atoms with Gasteiger partial charge in [-0.3, -0.25) is 4.79 Å². The molecule has 0 saturated carbocycles. The Morgan fingerprint density at radius 3 is 2.62 bits per heavy atom. The number of amides is 3. The van der Waals surface area contributed by atoms with Crippen LogP contribution in [0.15, 0.2) is 48.5 Å². The largest absolute Gasteiger partial charge is 0.493 e. The van der Waals surface area contributed by atoms with Crippen LogP contribution in [-0.4, -0.2) is 25.1 Å². The fraction of sp³-hybridized carbons (Fsp3) is 0.222. The summed E-state index contributed by atoms with van der Waals surface area (Å²) in [6.07, 6.45) is 0.887. The van der Waals surface area contributed by atoms with E-state index in [0.29, 0.717) is 24.4 Å². The molecule has 2 aromatic rings. The minimum Gasteiger partial charge on any atom is -0.493 e. The fourth-order valence-corrected chi connectivity index (χ4v) is 2.71. The van der Waals surface area contributed by atoms with Crippen molar-refractivity contribution in [2.45, 2.75) is 6.42 Å². The molecule has 124 valence electrons. The van der Waals surface area contributed by atoms with Crippen LogP contribution in [-0.2, 0) is 6.42 Å². The Hall–Kier alpha value is -3.02. The number of para-hydroxylation sites is 1. The zero-order valence-corrected chi connectivity index (χ0v) is 13.1. The molecule has 3 rings (SSSR count). The Morgan fingerprint density at radius 1 is 1.12 bits per heavy atom. The number of carbonyl (C=O) groups is 2. The molecule has 0 aliphatic carbocycles. The zero-order chi connectivity index (χ0) is 16.9. The van der Waals surface area contributed by atoms with Crippen LogP contribution in [0.2, 0.25) is 0 Å².